The first-order valence-corrected chi connectivity index (χ1v) is 11.0. The second kappa shape index (κ2) is 10.3. The number of benzene rings is 2. The van der Waals surface area contributed by atoms with E-state index >= 15 is 0 Å². The van der Waals surface area contributed by atoms with Gasteiger partial charge in [0, 0.05) is 12.6 Å². The number of carbonyl (C=O) groups excluding carboxylic acids is 1. The molecule has 0 saturated heterocycles. The number of aromatic hydroxyl groups is 1. The molecular weight excluding hydrogens is 456 g/mol. The van der Waals surface area contributed by atoms with Crippen LogP contribution in [0.1, 0.15) is 23.4 Å². The maximum atomic E-state index is 13.5. The Balaban J connectivity index is 1.73. The molecule has 3 aromatic rings. The number of ether oxygens (including phenoxy) is 2. The maximum absolute atomic E-state index is 13.5. The van der Waals surface area contributed by atoms with Gasteiger partial charge in [0.25, 0.3) is 5.91 Å². The number of amides is 1. The Morgan fingerprint density at radius 2 is 1.89 bits per heavy atom. The maximum Gasteiger partial charge on any atom is 0.288 e. The Morgan fingerprint density at radius 3 is 2.63 bits per heavy atom. The lowest BCUT2D eigenvalue weighted by Crippen LogP contribution is -2.38. The summed E-state index contributed by atoms with van der Waals surface area (Å²) in [5.41, 5.74) is 10.6. The molecule has 2 aromatic carbocycles. The second-order valence-corrected chi connectivity index (χ2v) is 7.98. The van der Waals surface area contributed by atoms with E-state index in [-0.39, 0.29) is 40.6 Å². The van der Waals surface area contributed by atoms with Gasteiger partial charge in [-0.1, -0.05) is 6.07 Å². The van der Waals surface area contributed by atoms with Gasteiger partial charge in [-0.25, -0.2) is 0 Å². The van der Waals surface area contributed by atoms with Crippen LogP contribution in [0, 0.1) is 0 Å². The van der Waals surface area contributed by atoms with Crippen molar-refractivity contribution in [2.75, 3.05) is 26.4 Å². The number of nitrogens with two attached hydrogens (primary N) is 2. The largest absolute Gasteiger partial charge is 0.508 e. The van der Waals surface area contributed by atoms with Crippen LogP contribution in [-0.4, -0.2) is 54.5 Å². The highest BCUT2D eigenvalue weighted by Crippen LogP contribution is 2.35. The number of hydrogen-bond donors (Lipinski definition) is 5. The molecule has 1 amide bonds. The molecule has 11 heteroatoms. The summed E-state index contributed by atoms with van der Waals surface area (Å²) in [5.74, 6) is -0.141. The standard InChI is InChI=1S/C24H26N4O7/c25-24(26)27-7-1-2-14(12-29)28-23(32)22-20(13-3-6-17-19(10-13)34-9-8-33-17)21(31)16-5-4-15(30)11-18(16)35-22/h3-6,10-11,14,29-30H,1-2,7-9,12H2,(H,28,32)(H4,25,26,27). The van der Waals surface area contributed by atoms with Gasteiger partial charge in [-0.05, 0) is 42.7 Å². The first kappa shape index (κ1) is 23.9. The summed E-state index contributed by atoms with van der Waals surface area (Å²) < 4.78 is 17.0. The summed E-state index contributed by atoms with van der Waals surface area (Å²) in [7, 11) is 0. The Hall–Kier alpha value is -4.25. The summed E-state index contributed by atoms with van der Waals surface area (Å²) in [4.78, 5) is 30.6. The van der Waals surface area contributed by atoms with Gasteiger partial charge >= 0.3 is 0 Å². The highest BCUT2D eigenvalue weighted by Gasteiger charge is 2.25. The normalized spacial score (nSPS) is 13.3. The number of phenols is 1. The van der Waals surface area contributed by atoms with Gasteiger partial charge < -0.3 is 40.9 Å². The van der Waals surface area contributed by atoms with E-state index in [1.807, 2.05) is 0 Å². The third-order valence-electron chi connectivity index (χ3n) is 5.47. The van der Waals surface area contributed by atoms with E-state index in [0.29, 0.717) is 49.7 Å². The van der Waals surface area contributed by atoms with Crippen molar-refractivity contribution < 1.29 is 28.9 Å². The van der Waals surface area contributed by atoms with Crippen LogP contribution in [0.5, 0.6) is 17.2 Å². The van der Waals surface area contributed by atoms with Crippen molar-refractivity contribution in [3.05, 3.63) is 52.4 Å². The highest BCUT2D eigenvalue weighted by molar-refractivity contribution is 6.01. The molecule has 1 atom stereocenters. The van der Waals surface area contributed by atoms with E-state index < -0.39 is 17.4 Å². The summed E-state index contributed by atoms with van der Waals surface area (Å²) >= 11 is 0. The zero-order chi connectivity index (χ0) is 24.9. The number of aliphatic hydroxyl groups excluding tert-OH is 1. The fourth-order valence-corrected chi connectivity index (χ4v) is 3.81. The van der Waals surface area contributed by atoms with Crippen molar-refractivity contribution in [3.8, 4) is 28.4 Å². The summed E-state index contributed by atoms with van der Waals surface area (Å²) in [5, 5.41) is 22.5. The van der Waals surface area contributed by atoms with Crippen molar-refractivity contribution in [2.45, 2.75) is 18.9 Å². The molecule has 7 N–H and O–H groups in total. The average molecular weight is 482 g/mol. The number of guanidine groups is 1. The van der Waals surface area contributed by atoms with Gasteiger partial charge in [0.1, 0.15) is 24.5 Å². The van der Waals surface area contributed by atoms with E-state index in [1.54, 1.807) is 18.2 Å². The van der Waals surface area contributed by atoms with Gasteiger partial charge in [-0.15, -0.1) is 0 Å². The molecule has 184 valence electrons. The molecule has 2 heterocycles. The molecule has 1 unspecified atom stereocenters. The molecule has 0 radical (unpaired) electrons. The molecular formula is C24H26N4O7. The second-order valence-electron chi connectivity index (χ2n) is 7.98. The average Bonchev–Trinajstić information content (AvgIpc) is 2.85. The van der Waals surface area contributed by atoms with Gasteiger partial charge in [0.05, 0.1) is 23.6 Å². The number of nitrogens with one attached hydrogen (secondary N) is 1. The number of fused-ring (bicyclic) bond motifs is 2. The zero-order valence-corrected chi connectivity index (χ0v) is 18.8. The number of rotatable bonds is 8. The number of hydrogen-bond acceptors (Lipinski definition) is 8. The molecule has 0 saturated carbocycles. The Kier molecular flexibility index (Phi) is 7.06. The van der Waals surface area contributed by atoms with Crippen molar-refractivity contribution in [3.63, 3.8) is 0 Å². The quantitative estimate of drug-likeness (QED) is 0.178. The molecule has 0 aliphatic carbocycles. The number of aliphatic hydroxyl groups is 1. The molecule has 35 heavy (non-hydrogen) atoms. The van der Waals surface area contributed by atoms with E-state index in [1.165, 1.54) is 18.2 Å². The van der Waals surface area contributed by atoms with Crippen LogP contribution < -0.4 is 31.7 Å². The first-order chi connectivity index (χ1) is 16.9. The van der Waals surface area contributed by atoms with Gasteiger partial charge in [-0.2, -0.15) is 0 Å². The lowest BCUT2D eigenvalue weighted by atomic mass is 10.0. The minimum atomic E-state index is -0.696. The number of carbonyl (C=O) groups is 1. The number of nitrogens with zero attached hydrogens (tertiary/aromatic N) is 1. The predicted molar refractivity (Wildman–Crippen MR) is 129 cm³/mol. The van der Waals surface area contributed by atoms with Crippen molar-refractivity contribution in [1.82, 2.24) is 5.32 Å². The third kappa shape index (κ3) is 5.30. The summed E-state index contributed by atoms with van der Waals surface area (Å²) in [6.45, 7) is 0.758. The molecule has 11 nitrogen and oxygen atoms in total. The molecule has 0 bridgehead atoms. The van der Waals surface area contributed by atoms with Crippen molar-refractivity contribution in [1.29, 1.82) is 0 Å². The smallest absolute Gasteiger partial charge is 0.288 e. The third-order valence-corrected chi connectivity index (χ3v) is 5.47. The zero-order valence-electron chi connectivity index (χ0n) is 18.8. The number of aliphatic imine (C=N–C) groups is 1. The Bertz CT molecular complexity index is 1330. The van der Waals surface area contributed by atoms with E-state index in [9.17, 15) is 19.8 Å². The molecule has 1 aliphatic heterocycles. The fourth-order valence-electron chi connectivity index (χ4n) is 3.81. The van der Waals surface area contributed by atoms with E-state index in [0.717, 1.165) is 0 Å². The van der Waals surface area contributed by atoms with Crippen molar-refractivity contribution >= 4 is 22.8 Å². The topological polar surface area (TPSA) is 183 Å². The summed E-state index contributed by atoms with van der Waals surface area (Å²) in [6, 6.07) is 8.34. The first-order valence-electron chi connectivity index (χ1n) is 11.0. The number of phenolic OH excluding ortho intramolecular Hbond substituents is 1. The molecule has 0 fully saturated rings. The van der Waals surface area contributed by atoms with Crippen LogP contribution in [0.4, 0.5) is 0 Å². The minimum Gasteiger partial charge on any atom is -0.508 e. The predicted octanol–water partition coefficient (Wildman–Crippen LogP) is 1.08. The van der Waals surface area contributed by atoms with Crippen LogP contribution in [0.3, 0.4) is 0 Å². The van der Waals surface area contributed by atoms with Crippen LogP contribution in [0.2, 0.25) is 0 Å². The highest BCUT2D eigenvalue weighted by atomic mass is 16.6. The molecule has 1 aromatic heterocycles. The fraction of sp³-hybridized carbons (Fsp3) is 0.292. The van der Waals surface area contributed by atoms with Gasteiger partial charge in [0.2, 0.25) is 11.2 Å². The molecule has 1 aliphatic rings. The van der Waals surface area contributed by atoms with Crippen LogP contribution in [0.15, 0.2) is 50.6 Å². The van der Waals surface area contributed by atoms with Gasteiger partial charge in [0.15, 0.2) is 17.5 Å². The Labute approximate surface area is 200 Å². The van der Waals surface area contributed by atoms with Crippen LogP contribution in [-0.2, 0) is 0 Å². The van der Waals surface area contributed by atoms with E-state index in [2.05, 4.69) is 10.3 Å². The lowest BCUT2D eigenvalue weighted by Gasteiger charge is -2.20. The molecule has 0 spiro atoms. The van der Waals surface area contributed by atoms with E-state index in [4.69, 9.17) is 25.4 Å². The lowest BCUT2D eigenvalue weighted by molar-refractivity contribution is 0.0886. The summed E-state index contributed by atoms with van der Waals surface area (Å²) in [6.07, 6.45) is 0.894. The Morgan fingerprint density at radius 1 is 1.11 bits per heavy atom. The van der Waals surface area contributed by atoms with Gasteiger partial charge in [-0.3, -0.25) is 14.6 Å². The van der Waals surface area contributed by atoms with Crippen molar-refractivity contribution in [2.24, 2.45) is 16.5 Å². The SMILES string of the molecule is NC(N)=NCCCC(CO)NC(=O)c1oc2cc(O)ccc2c(=O)c1-c1ccc2c(c1)OCCO2. The monoisotopic (exact) mass is 482 g/mol. The minimum absolute atomic E-state index is 0.0230. The molecule has 4 rings (SSSR count). The van der Waals surface area contributed by atoms with Crippen LogP contribution >= 0.6 is 0 Å². The van der Waals surface area contributed by atoms with Crippen LogP contribution in [0.25, 0.3) is 22.1 Å².